The van der Waals surface area contributed by atoms with Gasteiger partial charge in [-0.1, -0.05) is 0 Å². The van der Waals surface area contributed by atoms with E-state index in [1.54, 1.807) is 12.1 Å². The summed E-state index contributed by atoms with van der Waals surface area (Å²) in [6.45, 7) is 2.94. The molecule has 0 aliphatic carbocycles. The molecule has 0 atom stereocenters. The SMILES string of the molecule is CC(C)(c1cc(C(F)(F)F)n(-c2[c-]cccc2)n1)c1cc(C(F)(F)F)n(-c2[c-]cccc2)n1.[Pt+2]. The summed E-state index contributed by atoms with van der Waals surface area (Å²) in [6.07, 6.45) is -9.50. The van der Waals surface area contributed by atoms with Crippen molar-refractivity contribution in [3.05, 3.63) is 95.6 Å². The number of aromatic nitrogens is 4. The van der Waals surface area contributed by atoms with Crippen LogP contribution < -0.4 is 0 Å². The van der Waals surface area contributed by atoms with Crippen LogP contribution in [0.25, 0.3) is 11.4 Å². The first-order valence-electron chi connectivity index (χ1n) is 9.68. The Kier molecular flexibility index (Phi) is 6.86. The van der Waals surface area contributed by atoms with Gasteiger partial charge in [0.2, 0.25) is 0 Å². The summed E-state index contributed by atoms with van der Waals surface area (Å²) in [5.41, 5.74) is -3.62. The van der Waals surface area contributed by atoms with Crippen molar-refractivity contribution in [3.8, 4) is 11.4 Å². The molecular formula is C23H16F6N4Pt. The number of hydrogen-bond acceptors (Lipinski definition) is 2. The molecule has 2 aromatic heterocycles. The van der Waals surface area contributed by atoms with E-state index in [2.05, 4.69) is 22.3 Å². The molecule has 0 N–H and O–H groups in total. The zero-order chi connectivity index (χ0) is 24.0. The number of nitrogens with zero attached hydrogens (tertiary/aromatic N) is 4. The summed E-state index contributed by atoms with van der Waals surface area (Å²) < 4.78 is 83.8. The minimum atomic E-state index is -4.75. The van der Waals surface area contributed by atoms with Gasteiger partial charge in [-0.15, -0.1) is 12.1 Å². The van der Waals surface area contributed by atoms with Crippen LogP contribution >= 0.6 is 0 Å². The van der Waals surface area contributed by atoms with Gasteiger partial charge in [0.1, 0.15) is 11.4 Å². The number of halogens is 6. The van der Waals surface area contributed by atoms with Gasteiger partial charge in [-0.05, 0) is 37.4 Å². The minimum Gasteiger partial charge on any atom is -0.253 e. The standard InChI is InChI=1S/C23H16F6N4.Pt/c1-21(2,17-13-19(22(24,25)26)32(30-17)15-9-5-3-6-10-15)18-14-20(23(27,28)29)33(31-18)16-11-7-4-8-12-16;/h3-9,11,13-14H,1-2H3;/q-2;+2. The second-order valence-electron chi connectivity index (χ2n) is 7.77. The van der Waals surface area contributed by atoms with Crippen LogP contribution in [-0.4, -0.2) is 19.6 Å². The molecule has 0 saturated heterocycles. The summed E-state index contributed by atoms with van der Waals surface area (Å²) >= 11 is 0. The van der Waals surface area contributed by atoms with Crippen LogP contribution in [0.15, 0.2) is 60.7 Å². The van der Waals surface area contributed by atoms with Gasteiger partial charge in [-0.2, -0.15) is 85.1 Å². The van der Waals surface area contributed by atoms with Crippen LogP contribution in [0.1, 0.15) is 36.6 Å². The van der Waals surface area contributed by atoms with Gasteiger partial charge in [0.15, 0.2) is 0 Å². The molecule has 0 saturated carbocycles. The van der Waals surface area contributed by atoms with E-state index < -0.39 is 29.2 Å². The van der Waals surface area contributed by atoms with Crippen molar-refractivity contribution in [2.75, 3.05) is 0 Å². The van der Waals surface area contributed by atoms with Crippen molar-refractivity contribution in [3.63, 3.8) is 0 Å². The summed E-state index contributed by atoms with van der Waals surface area (Å²) in [4.78, 5) is 0. The molecule has 0 aliphatic rings. The molecule has 4 rings (SSSR count). The van der Waals surface area contributed by atoms with Crippen LogP contribution in [0.4, 0.5) is 26.3 Å². The summed E-state index contributed by atoms with van der Waals surface area (Å²) in [5.74, 6) is 0. The zero-order valence-corrected chi connectivity index (χ0v) is 19.9. The van der Waals surface area contributed by atoms with Gasteiger partial charge in [0, 0.05) is 0 Å². The van der Waals surface area contributed by atoms with Gasteiger partial charge in [0.05, 0.1) is 16.8 Å². The molecule has 0 radical (unpaired) electrons. The van der Waals surface area contributed by atoms with Crippen LogP contribution in [0.5, 0.6) is 0 Å². The third kappa shape index (κ3) is 4.82. The van der Waals surface area contributed by atoms with Crippen molar-refractivity contribution in [1.29, 1.82) is 0 Å². The molecule has 0 unspecified atom stereocenters. The number of alkyl halides is 6. The van der Waals surface area contributed by atoms with E-state index in [-0.39, 0.29) is 43.8 Å². The molecule has 180 valence electrons. The molecule has 0 bridgehead atoms. The molecular weight excluding hydrogens is 641 g/mol. The van der Waals surface area contributed by atoms with Gasteiger partial charge in [-0.3, -0.25) is 9.36 Å². The average molecular weight is 657 g/mol. The van der Waals surface area contributed by atoms with Gasteiger partial charge < -0.3 is 0 Å². The van der Waals surface area contributed by atoms with Crippen molar-refractivity contribution in [2.24, 2.45) is 0 Å². The molecule has 4 aromatic rings. The Morgan fingerprint density at radius 3 is 1.35 bits per heavy atom. The number of hydrogen-bond donors (Lipinski definition) is 0. The van der Waals surface area contributed by atoms with E-state index in [0.29, 0.717) is 9.36 Å². The molecule has 2 heterocycles. The monoisotopic (exact) mass is 657 g/mol. The first-order valence-corrected chi connectivity index (χ1v) is 9.68. The summed E-state index contributed by atoms with van der Waals surface area (Å²) in [6, 6.07) is 19.0. The Balaban J connectivity index is 0.00000324. The van der Waals surface area contributed by atoms with Crippen molar-refractivity contribution >= 4 is 0 Å². The molecule has 0 fully saturated rings. The Bertz CT molecular complexity index is 1160. The maximum absolute atomic E-state index is 13.7. The van der Waals surface area contributed by atoms with Crippen molar-refractivity contribution in [2.45, 2.75) is 31.6 Å². The summed E-state index contributed by atoms with van der Waals surface area (Å²) in [5, 5.41) is 8.19. The van der Waals surface area contributed by atoms with E-state index in [9.17, 15) is 26.3 Å². The number of rotatable bonds is 4. The molecule has 0 spiro atoms. The molecule has 4 nitrogen and oxygen atoms in total. The van der Waals surface area contributed by atoms with Crippen LogP contribution in [0.2, 0.25) is 0 Å². The van der Waals surface area contributed by atoms with Gasteiger partial charge in [0.25, 0.3) is 0 Å². The van der Waals surface area contributed by atoms with E-state index in [4.69, 9.17) is 0 Å². The fourth-order valence-electron chi connectivity index (χ4n) is 3.31. The van der Waals surface area contributed by atoms with Gasteiger partial charge >= 0.3 is 33.4 Å². The first-order chi connectivity index (χ1) is 15.4. The zero-order valence-electron chi connectivity index (χ0n) is 17.6. The molecule has 0 amide bonds. The normalized spacial score (nSPS) is 12.5. The minimum absolute atomic E-state index is 0. The maximum atomic E-state index is 13.7. The maximum Gasteiger partial charge on any atom is 2.00 e. The van der Waals surface area contributed by atoms with Crippen LogP contribution in [0, 0.1) is 12.1 Å². The van der Waals surface area contributed by atoms with Crippen molar-refractivity contribution in [1.82, 2.24) is 19.6 Å². The fraction of sp³-hybridized carbons (Fsp3) is 0.217. The Morgan fingerprint density at radius 1 is 0.676 bits per heavy atom. The smallest absolute Gasteiger partial charge is 0.253 e. The third-order valence-corrected chi connectivity index (χ3v) is 5.12. The number of benzene rings is 2. The van der Waals surface area contributed by atoms with Crippen LogP contribution in [-0.2, 0) is 38.8 Å². The Hall–Kier alpha value is -2.87. The fourth-order valence-corrected chi connectivity index (χ4v) is 3.31. The topological polar surface area (TPSA) is 35.6 Å². The molecule has 34 heavy (non-hydrogen) atoms. The summed E-state index contributed by atoms with van der Waals surface area (Å²) in [7, 11) is 0. The van der Waals surface area contributed by atoms with E-state index in [1.807, 2.05) is 0 Å². The van der Waals surface area contributed by atoms with E-state index >= 15 is 0 Å². The second-order valence-corrected chi connectivity index (χ2v) is 7.77. The van der Waals surface area contributed by atoms with Gasteiger partial charge in [-0.25, -0.2) is 0 Å². The van der Waals surface area contributed by atoms with Crippen LogP contribution in [0.3, 0.4) is 0 Å². The second kappa shape index (κ2) is 9.06. The van der Waals surface area contributed by atoms with E-state index in [1.165, 1.54) is 50.2 Å². The average Bonchev–Trinajstić information content (AvgIpc) is 3.41. The third-order valence-electron chi connectivity index (χ3n) is 5.12. The molecule has 11 heteroatoms. The largest absolute Gasteiger partial charge is 2.00 e. The Morgan fingerprint density at radius 2 is 1.06 bits per heavy atom. The van der Waals surface area contributed by atoms with Crippen molar-refractivity contribution < 1.29 is 47.4 Å². The predicted octanol–water partition coefficient (Wildman–Crippen LogP) is 6.02. The molecule has 2 aromatic carbocycles. The predicted molar refractivity (Wildman–Crippen MR) is 107 cm³/mol. The Labute approximate surface area is 205 Å². The van der Waals surface area contributed by atoms with E-state index in [0.717, 1.165) is 12.1 Å². The molecule has 0 aliphatic heterocycles. The quantitative estimate of drug-likeness (QED) is 0.199. The first kappa shape index (κ1) is 25.7. The number of para-hydroxylation sites is 2.